The van der Waals surface area contributed by atoms with Crippen LogP contribution < -0.4 is 5.32 Å². The Bertz CT molecular complexity index is 310. The highest BCUT2D eigenvalue weighted by Gasteiger charge is 2.40. The fourth-order valence-corrected chi connectivity index (χ4v) is 4.26. The van der Waals surface area contributed by atoms with Crippen LogP contribution in [0.5, 0.6) is 0 Å². The smallest absolute Gasteiger partial charge is 0.106 e. The first kappa shape index (κ1) is 14.8. The number of rotatable bonds is 3. The van der Waals surface area contributed by atoms with Crippen molar-refractivity contribution in [2.45, 2.75) is 56.1 Å². The van der Waals surface area contributed by atoms with Gasteiger partial charge in [-0.2, -0.15) is 0 Å². The third-order valence-corrected chi connectivity index (χ3v) is 5.50. The van der Waals surface area contributed by atoms with Gasteiger partial charge in [-0.25, -0.2) is 0 Å². The van der Waals surface area contributed by atoms with Gasteiger partial charge in [0.1, 0.15) is 5.60 Å². The van der Waals surface area contributed by atoms with E-state index in [0.717, 1.165) is 26.2 Å². The summed E-state index contributed by atoms with van der Waals surface area (Å²) in [4.78, 5) is 2.64. The Kier molecular flexibility index (Phi) is 4.65. The lowest BCUT2D eigenvalue weighted by molar-refractivity contribution is -0.0442. The molecule has 0 amide bonds. The van der Waals surface area contributed by atoms with Gasteiger partial charge in [0.05, 0.1) is 6.61 Å². The molecule has 3 aliphatic rings. The molecule has 116 valence electrons. The standard InChI is InChI=1S/C16H30N2O2/c1-19-16(8-11-20-14-16)13-18-10-5-9-17-15(12-18)6-3-2-4-7-15/h17H,2-14H2,1H3. The molecule has 0 bridgehead atoms. The average Bonchev–Trinajstić information content (AvgIpc) is 2.85. The lowest BCUT2D eigenvalue weighted by Crippen LogP contribution is -2.55. The zero-order valence-electron chi connectivity index (χ0n) is 13.0. The van der Waals surface area contributed by atoms with E-state index in [0.29, 0.717) is 5.54 Å². The summed E-state index contributed by atoms with van der Waals surface area (Å²) in [5.41, 5.74) is 0.323. The van der Waals surface area contributed by atoms with Gasteiger partial charge in [-0.1, -0.05) is 19.3 Å². The van der Waals surface area contributed by atoms with Crippen molar-refractivity contribution in [3.63, 3.8) is 0 Å². The van der Waals surface area contributed by atoms with Crippen molar-refractivity contribution in [3.8, 4) is 0 Å². The van der Waals surface area contributed by atoms with Crippen molar-refractivity contribution >= 4 is 0 Å². The molecule has 3 fully saturated rings. The molecule has 0 aromatic heterocycles. The third kappa shape index (κ3) is 3.19. The largest absolute Gasteiger partial charge is 0.378 e. The number of hydrogen-bond acceptors (Lipinski definition) is 4. The summed E-state index contributed by atoms with van der Waals surface area (Å²) >= 11 is 0. The van der Waals surface area contributed by atoms with Gasteiger partial charge in [0.25, 0.3) is 0 Å². The van der Waals surface area contributed by atoms with Crippen LogP contribution in [-0.2, 0) is 9.47 Å². The predicted molar refractivity (Wildman–Crippen MR) is 80.1 cm³/mol. The van der Waals surface area contributed by atoms with Crippen LogP contribution in [0, 0.1) is 0 Å². The first-order chi connectivity index (χ1) is 9.76. The Morgan fingerprint density at radius 2 is 2.00 bits per heavy atom. The Hall–Kier alpha value is -0.160. The summed E-state index contributed by atoms with van der Waals surface area (Å²) < 4.78 is 11.4. The van der Waals surface area contributed by atoms with Crippen molar-refractivity contribution in [2.75, 3.05) is 46.5 Å². The van der Waals surface area contributed by atoms with Crippen molar-refractivity contribution < 1.29 is 9.47 Å². The highest BCUT2D eigenvalue weighted by molar-refractivity contribution is 4.97. The molecule has 1 spiro atoms. The van der Waals surface area contributed by atoms with Crippen LogP contribution >= 0.6 is 0 Å². The van der Waals surface area contributed by atoms with E-state index in [9.17, 15) is 0 Å². The molecular formula is C16H30N2O2. The number of hydrogen-bond donors (Lipinski definition) is 1. The van der Waals surface area contributed by atoms with E-state index in [2.05, 4.69) is 10.2 Å². The summed E-state index contributed by atoms with van der Waals surface area (Å²) in [5.74, 6) is 0. The minimum atomic E-state index is -0.0554. The van der Waals surface area contributed by atoms with Crippen molar-refractivity contribution in [3.05, 3.63) is 0 Å². The van der Waals surface area contributed by atoms with Crippen LogP contribution in [0.15, 0.2) is 0 Å². The third-order valence-electron chi connectivity index (χ3n) is 5.50. The Balaban J connectivity index is 1.65. The van der Waals surface area contributed by atoms with E-state index in [1.165, 1.54) is 58.2 Å². The van der Waals surface area contributed by atoms with E-state index in [1.54, 1.807) is 0 Å². The van der Waals surface area contributed by atoms with E-state index < -0.39 is 0 Å². The first-order valence-corrected chi connectivity index (χ1v) is 8.36. The van der Waals surface area contributed by atoms with Gasteiger partial charge in [0, 0.05) is 38.8 Å². The van der Waals surface area contributed by atoms with Gasteiger partial charge in [-0.3, -0.25) is 4.90 Å². The average molecular weight is 282 g/mol. The fourth-order valence-electron chi connectivity index (χ4n) is 4.26. The van der Waals surface area contributed by atoms with E-state index >= 15 is 0 Å². The SMILES string of the molecule is COC1(CN2CCCNC3(CCCCC3)C2)CCOC1. The molecule has 0 radical (unpaired) electrons. The van der Waals surface area contributed by atoms with Crippen molar-refractivity contribution in [1.82, 2.24) is 10.2 Å². The second kappa shape index (κ2) is 6.30. The molecule has 20 heavy (non-hydrogen) atoms. The predicted octanol–water partition coefficient (Wildman–Crippen LogP) is 1.79. The molecule has 3 rings (SSSR count). The second-order valence-corrected chi connectivity index (χ2v) is 7.02. The van der Waals surface area contributed by atoms with Gasteiger partial charge in [0.2, 0.25) is 0 Å². The van der Waals surface area contributed by atoms with Crippen molar-refractivity contribution in [2.24, 2.45) is 0 Å². The summed E-state index contributed by atoms with van der Waals surface area (Å²) in [6.45, 7) is 6.21. The van der Waals surface area contributed by atoms with Crippen LogP contribution in [0.25, 0.3) is 0 Å². The van der Waals surface area contributed by atoms with Crippen LogP contribution in [0.3, 0.4) is 0 Å². The lowest BCUT2D eigenvalue weighted by atomic mass is 9.81. The topological polar surface area (TPSA) is 33.7 Å². The van der Waals surface area contributed by atoms with Crippen LogP contribution in [0.2, 0.25) is 0 Å². The normalized spacial score (nSPS) is 35.2. The lowest BCUT2D eigenvalue weighted by Gasteiger charge is -2.42. The molecule has 4 heteroatoms. The molecule has 2 aliphatic heterocycles. The molecule has 2 saturated heterocycles. The molecule has 2 heterocycles. The maximum absolute atomic E-state index is 5.83. The highest BCUT2D eigenvalue weighted by atomic mass is 16.5. The number of nitrogens with one attached hydrogen (secondary N) is 1. The zero-order chi connectivity index (χ0) is 13.9. The maximum Gasteiger partial charge on any atom is 0.106 e. The van der Waals surface area contributed by atoms with Gasteiger partial charge in [-0.15, -0.1) is 0 Å². The minimum absolute atomic E-state index is 0.0554. The second-order valence-electron chi connectivity index (χ2n) is 7.02. The number of ether oxygens (including phenoxy) is 2. The zero-order valence-corrected chi connectivity index (χ0v) is 13.0. The summed E-state index contributed by atoms with van der Waals surface area (Å²) in [6.07, 6.45) is 9.18. The summed E-state index contributed by atoms with van der Waals surface area (Å²) in [5, 5.41) is 3.87. The van der Waals surface area contributed by atoms with Crippen molar-refractivity contribution in [1.29, 1.82) is 0 Å². The van der Waals surface area contributed by atoms with E-state index in [1.807, 2.05) is 7.11 Å². The molecule has 1 saturated carbocycles. The van der Waals surface area contributed by atoms with E-state index in [4.69, 9.17) is 9.47 Å². The number of methoxy groups -OCH3 is 1. The summed E-state index contributed by atoms with van der Waals surface area (Å²) in [7, 11) is 1.85. The molecule has 0 aromatic rings. The molecule has 0 aromatic carbocycles. The Morgan fingerprint density at radius 1 is 1.15 bits per heavy atom. The molecule has 1 N–H and O–H groups in total. The van der Waals surface area contributed by atoms with Gasteiger partial charge in [-0.05, 0) is 32.4 Å². The molecule has 1 aliphatic carbocycles. The van der Waals surface area contributed by atoms with Crippen LogP contribution in [0.4, 0.5) is 0 Å². The fraction of sp³-hybridized carbons (Fsp3) is 1.00. The van der Waals surface area contributed by atoms with Crippen LogP contribution in [-0.4, -0.2) is 62.5 Å². The molecular weight excluding hydrogens is 252 g/mol. The quantitative estimate of drug-likeness (QED) is 0.856. The van der Waals surface area contributed by atoms with Gasteiger partial charge < -0.3 is 14.8 Å². The van der Waals surface area contributed by atoms with Gasteiger partial charge in [0.15, 0.2) is 0 Å². The number of nitrogens with zero attached hydrogens (tertiary/aromatic N) is 1. The maximum atomic E-state index is 5.83. The first-order valence-electron chi connectivity index (χ1n) is 8.36. The monoisotopic (exact) mass is 282 g/mol. The highest BCUT2D eigenvalue weighted by Crippen LogP contribution is 2.32. The molecule has 1 unspecified atom stereocenters. The molecule has 4 nitrogen and oxygen atoms in total. The van der Waals surface area contributed by atoms with Crippen LogP contribution in [0.1, 0.15) is 44.9 Å². The Morgan fingerprint density at radius 3 is 2.70 bits per heavy atom. The minimum Gasteiger partial charge on any atom is -0.378 e. The molecule has 1 atom stereocenters. The Labute approximate surface area is 123 Å². The summed E-state index contributed by atoms with van der Waals surface area (Å²) in [6, 6.07) is 0. The van der Waals surface area contributed by atoms with Gasteiger partial charge >= 0.3 is 0 Å². The van der Waals surface area contributed by atoms with E-state index in [-0.39, 0.29) is 5.60 Å².